The summed E-state index contributed by atoms with van der Waals surface area (Å²) in [5.74, 6) is 0.0476. The smallest absolute Gasteiger partial charge is 0.260 e. The molecular formula is C21H19BrN2O3. The Hall–Kier alpha value is -2.86. The molecule has 2 amide bonds. The summed E-state index contributed by atoms with van der Waals surface area (Å²) in [6.07, 6.45) is 0. The number of amides is 2. The first-order valence-electron chi connectivity index (χ1n) is 8.43. The molecule has 0 fully saturated rings. The van der Waals surface area contributed by atoms with E-state index in [-0.39, 0.29) is 25.0 Å². The first-order valence-corrected chi connectivity index (χ1v) is 9.23. The van der Waals surface area contributed by atoms with E-state index < -0.39 is 0 Å². The average Bonchev–Trinajstić information content (AvgIpc) is 2.68. The maximum Gasteiger partial charge on any atom is 0.260 e. The van der Waals surface area contributed by atoms with Gasteiger partial charge in [-0.2, -0.15) is 0 Å². The lowest BCUT2D eigenvalue weighted by molar-refractivity contribution is -0.135. The summed E-state index contributed by atoms with van der Waals surface area (Å²) in [5, 5.41) is 4.84. The average molecular weight is 427 g/mol. The molecule has 0 heterocycles. The van der Waals surface area contributed by atoms with Crippen molar-refractivity contribution in [3.05, 3.63) is 71.2 Å². The summed E-state index contributed by atoms with van der Waals surface area (Å²) in [7, 11) is 1.58. The Bertz CT molecular complexity index is 960. The Balaban J connectivity index is 1.55. The molecule has 0 spiro atoms. The zero-order valence-electron chi connectivity index (χ0n) is 14.8. The van der Waals surface area contributed by atoms with Crippen LogP contribution < -0.4 is 10.1 Å². The molecule has 0 radical (unpaired) electrons. The molecule has 3 aromatic rings. The maximum absolute atomic E-state index is 12.3. The van der Waals surface area contributed by atoms with Crippen LogP contribution in [0.2, 0.25) is 0 Å². The highest BCUT2D eigenvalue weighted by atomic mass is 79.9. The fourth-order valence-electron chi connectivity index (χ4n) is 2.60. The van der Waals surface area contributed by atoms with Crippen LogP contribution in [0.5, 0.6) is 5.75 Å². The van der Waals surface area contributed by atoms with Crippen LogP contribution in [0.1, 0.15) is 0 Å². The summed E-state index contributed by atoms with van der Waals surface area (Å²) < 4.78 is 6.46. The van der Waals surface area contributed by atoms with Gasteiger partial charge in [-0.25, -0.2) is 0 Å². The first kappa shape index (κ1) is 18.9. The van der Waals surface area contributed by atoms with E-state index in [1.54, 1.807) is 19.2 Å². The molecule has 0 unspecified atom stereocenters. The van der Waals surface area contributed by atoms with Crippen LogP contribution in [0, 0.1) is 0 Å². The second-order valence-corrected chi connectivity index (χ2v) is 6.84. The number of hydrogen-bond acceptors (Lipinski definition) is 3. The van der Waals surface area contributed by atoms with Gasteiger partial charge in [0.2, 0.25) is 5.91 Å². The number of carbonyl (C=O) groups excluding carboxylic acids is 2. The highest BCUT2D eigenvalue weighted by molar-refractivity contribution is 9.10. The number of fused-ring (bicyclic) bond motifs is 1. The quantitative estimate of drug-likeness (QED) is 0.645. The number of ether oxygens (including phenoxy) is 1. The fourth-order valence-corrected chi connectivity index (χ4v) is 3.21. The first-order chi connectivity index (χ1) is 13.0. The number of rotatable bonds is 6. The molecule has 138 valence electrons. The normalized spacial score (nSPS) is 10.4. The van der Waals surface area contributed by atoms with E-state index in [2.05, 4.69) is 21.2 Å². The molecule has 6 heteroatoms. The van der Waals surface area contributed by atoms with Gasteiger partial charge in [0.1, 0.15) is 5.75 Å². The van der Waals surface area contributed by atoms with Crippen LogP contribution in [-0.4, -0.2) is 36.9 Å². The third-order valence-electron chi connectivity index (χ3n) is 4.04. The van der Waals surface area contributed by atoms with E-state index in [1.165, 1.54) is 4.90 Å². The molecular weight excluding hydrogens is 408 g/mol. The van der Waals surface area contributed by atoms with Crippen molar-refractivity contribution >= 4 is 44.2 Å². The predicted octanol–water partition coefficient (Wildman–Crippen LogP) is 4.08. The molecule has 0 aliphatic rings. The lowest BCUT2D eigenvalue weighted by Gasteiger charge is -2.17. The lowest BCUT2D eigenvalue weighted by Crippen LogP contribution is -2.37. The molecule has 0 bridgehead atoms. The van der Waals surface area contributed by atoms with Crippen molar-refractivity contribution in [2.75, 3.05) is 25.5 Å². The largest absolute Gasteiger partial charge is 0.483 e. The number of likely N-dealkylation sites (N-methyl/N-ethyl adjacent to an activating group) is 1. The van der Waals surface area contributed by atoms with Gasteiger partial charge in [0.05, 0.1) is 11.0 Å². The Morgan fingerprint density at radius 1 is 1.00 bits per heavy atom. The molecule has 0 saturated heterocycles. The molecule has 0 atom stereocenters. The molecule has 27 heavy (non-hydrogen) atoms. The van der Waals surface area contributed by atoms with Gasteiger partial charge in [-0.1, -0.05) is 48.5 Å². The Kier molecular flexibility index (Phi) is 6.08. The van der Waals surface area contributed by atoms with Crippen LogP contribution >= 0.6 is 15.9 Å². The highest BCUT2D eigenvalue weighted by Gasteiger charge is 2.15. The van der Waals surface area contributed by atoms with E-state index in [1.807, 2.05) is 54.6 Å². The van der Waals surface area contributed by atoms with Gasteiger partial charge in [-0.3, -0.25) is 9.59 Å². The Morgan fingerprint density at radius 3 is 2.48 bits per heavy atom. The van der Waals surface area contributed by atoms with Crippen molar-refractivity contribution in [2.45, 2.75) is 0 Å². The zero-order chi connectivity index (χ0) is 19.2. The molecule has 0 saturated carbocycles. The SMILES string of the molecule is CN(CC(=O)Nc1ccccc1)C(=O)COc1ccc2ccccc2c1Br. The summed E-state index contributed by atoms with van der Waals surface area (Å²) >= 11 is 3.53. The standard InChI is InChI=1S/C21H19BrN2O3/c1-24(13-19(25)23-16-8-3-2-4-9-16)20(26)14-27-18-12-11-15-7-5-6-10-17(15)21(18)22/h2-12H,13-14H2,1H3,(H,23,25). The minimum atomic E-state index is -0.279. The Morgan fingerprint density at radius 2 is 1.70 bits per heavy atom. The van der Waals surface area contributed by atoms with Crippen LogP contribution in [0.3, 0.4) is 0 Å². The van der Waals surface area contributed by atoms with Crippen molar-refractivity contribution in [1.82, 2.24) is 4.90 Å². The van der Waals surface area contributed by atoms with Crippen molar-refractivity contribution < 1.29 is 14.3 Å². The van der Waals surface area contributed by atoms with E-state index in [0.717, 1.165) is 15.2 Å². The number of benzene rings is 3. The zero-order valence-corrected chi connectivity index (χ0v) is 16.4. The van der Waals surface area contributed by atoms with Crippen LogP contribution in [-0.2, 0) is 9.59 Å². The van der Waals surface area contributed by atoms with Gasteiger partial charge in [-0.05, 0) is 44.9 Å². The molecule has 5 nitrogen and oxygen atoms in total. The van der Waals surface area contributed by atoms with Crippen molar-refractivity contribution in [3.8, 4) is 5.75 Å². The third-order valence-corrected chi connectivity index (χ3v) is 4.86. The minimum absolute atomic E-state index is 0.0457. The second-order valence-electron chi connectivity index (χ2n) is 6.05. The molecule has 3 rings (SSSR count). The summed E-state index contributed by atoms with van der Waals surface area (Å²) in [5.41, 5.74) is 0.694. The summed E-state index contributed by atoms with van der Waals surface area (Å²) in [4.78, 5) is 25.7. The van der Waals surface area contributed by atoms with Gasteiger partial charge in [0.25, 0.3) is 5.91 Å². The summed E-state index contributed by atoms with van der Waals surface area (Å²) in [6, 6.07) is 20.8. The second kappa shape index (κ2) is 8.68. The Labute approximate surface area is 166 Å². The van der Waals surface area contributed by atoms with E-state index in [4.69, 9.17) is 4.74 Å². The fraction of sp³-hybridized carbons (Fsp3) is 0.143. The number of carbonyl (C=O) groups is 2. The van der Waals surface area contributed by atoms with Gasteiger partial charge >= 0.3 is 0 Å². The minimum Gasteiger partial charge on any atom is -0.483 e. The van der Waals surface area contributed by atoms with Gasteiger partial charge < -0.3 is 15.0 Å². The molecule has 0 aromatic heterocycles. The molecule has 0 aliphatic carbocycles. The lowest BCUT2D eigenvalue weighted by atomic mass is 10.1. The van der Waals surface area contributed by atoms with Gasteiger partial charge in [0.15, 0.2) is 6.61 Å². The predicted molar refractivity (Wildman–Crippen MR) is 110 cm³/mol. The van der Waals surface area contributed by atoms with Crippen LogP contribution in [0.25, 0.3) is 10.8 Å². The molecule has 1 N–H and O–H groups in total. The number of anilines is 1. The molecule has 3 aromatic carbocycles. The van der Waals surface area contributed by atoms with Crippen molar-refractivity contribution in [3.63, 3.8) is 0 Å². The van der Waals surface area contributed by atoms with E-state index in [9.17, 15) is 9.59 Å². The van der Waals surface area contributed by atoms with Crippen LogP contribution in [0.15, 0.2) is 71.2 Å². The number of halogens is 1. The highest BCUT2D eigenvalue weighted by Crippen LogP contribution is 2.32. The van der Waals surface area contributed by atoms with Crippen molar-refractivity contribution in [1.29, 1.82) is 0 Å². The number of para-hydroxylation sites is 1. The maximum atomic E-state index is 12.3. The monoisotopic (exact) mass is 426 g/mol. The van der Waals surface area contributed by atoms with Crippen LogP contribution in [0.4, 0.5) is 5.69 Å². The number of nitrogens with zero attached hydrogens (tertiary/aromatic N) is 1. The molecule has 0 aliphatic heterocycles. The summed E-state index contributed by atoms with van der Waals surface area (Å²) in [6.45, 7) is -0.192. The van der Waals surface area contributed by atoms with Gasteiger partial charge in [0, 0.05) is 12.7 Å². The van der Waals surface area contributed by atoms with E-state index in [0.29, 0.717) is 11.4 Å². The topological polar surface area (TPSA) is 58.6 Å². The van der Waals surface area contributed by atoms with Gasteiger partial charge in [-0.15, -0.1) is 0 Å². The number of nitrogens with one attached hydrogen (secondary N) is 1. The third kappa shape index (κ3) is 4.86. The van der Waals surface area contributed by atoms with E-state index >= 15 is 0 Å². The number of hydrogen-bond donors (Lipinski definition) is 1. The van der Waals surface area contributed by atoms with Crippen molar-refractivity contribution in [2.24, 2.45) is 0 Å².